The number of ketones is 1. The zero-order valence-electron chi connectivity index (χ0n) is 10.8. The van der Waals surface area contributed by atoms with Crippen molar-refractivity contribution in [2.24, 2.45) is 0 Å². The van der Waals surface area contributed by atoms with Crippen LogP contribution in [0.1, 0.15) is 37.7 Å². The number of nitrogens with one attached hydrogen (secondary N) is 1. The number of anilines is 1. The van der Waals surface area contributed by atoms with Crippen molar-refractivity contribution in [1.29, 1.82) is 0 Å². The summed E-state index contributed by atoms with van der Waals surface area (Å²) in [5, 5.41) is 12.3. The Labute approximate surface area is 107 Å². The molecule has 0 fully saturated rings. The molecule has 4 nitrogen and oxygen atoms in total. The van der Waals surface area contributed by atoms with Crippen LogP contribution in [0.5, 0.6) is 0 Å². The molecule has 0 aliphatic carbocycles. The highest BCUT2D eigenvalue weighted by Crippen LogP contribution is 2.28. The molecule has 1 aromatic carbocycles. The minimum atomic E-state index is -0.846. The van der Waals surface area contributed by atoms with E-state index in [0.717, 1.165) is 11.3 Å². The van der Waals surface area contributed by atoms with Crippen molar-refractivity contribution in [3.63, 3.8) is 0 Å². The van der Waals surface area contributed by atoms with Gasteiger partial charge in [0.1, 0.15) is 5.78 Å². The number of benzene rings is 1. The second-order valence-electron chi connectivity index (χ2n) is 4.32. The summed E-state index contributed by atoms with van der Waals surface area (Å²) in [4.78, 5) is 22.2. The number of para-hydroxylation sites is 1. The normalized spacial score (nSPS) is 11.9. The van der Waals surface area contributed by atoms with Gasteiger partial charge in [-0.15, -0.1) is 0 Å². The Morgan fingerprint density at radius 1 is 1.33 bits per heavy atom. The highest BCUT2D eigenvalue weighted by atomic mass is 16.4. The summed E-state index contributed by atoms with van der Waals surface area (Å²) in [6.45, 7) is 1.53. The third-order valence-electron chi connectivity index (χ3n) is 2.93. The van der Waals surface area contributed by atoms with E-state index in [4.69, 9.17) is 0 Å². The van der Waals surface area contributed by atoms with Crippen molar-refractivity contribution in [3.8, 4) is 0 Å². The van der Waals surface area contributed by atoms with Gasteiger partial charge in [0.25, 0.3) is 0 Å². The van der Waals surface area contributed by atoms with E-state index in [0.29, 0.717) is 19.3 Å². The molecular weight excluding hydrogens is 230 g/mol. The first-order valence-electron chi connectivity index (χ1n) is 6.05. The maximum absolute atomic E-state index is 11.3. The van der Waals surface area contributed by atoms with Crippen molar-refractivity contribution in [2.75, 3.05) is 12.4 Å². The Morgan fingerprint density at radius 3 is 2.56 bits per heavy atom. The van der Waals surface area contributed by atoms with Gasteiger partial charge in [0.15, 0.2) is 0 Å². The van der Waals surface area contributed by atoms with Crippen LogP contribution >= 0.6 is 0 Å². The summed E-state index contributed by atoms with van der Waals surface area (Å²) < 4.78 is 0. The Morgan fingerprint density at radius 2 is 2.00 bits per heavy atom. The minimum absolute atomic E-state index is 0.0982. The third-order valence-corrected chi connectivity index (χ3v) is 2.93. The van der Waals surface area contributed by atoms with Gasteiger partial charge in [0.05, 0.1) is 5.92 Å². The predicted molar refractivity (Wildman–Crippen MR) is 70.9 cm³/mol. The Balaban J connectivity index is 2.84. The van der Waals surface area contributed by atoms with Crippen LogP contribution in [0.2, 0.25) is 0 Å². The standard InChI is InChI=1S/C14H19NO3/c1-10(16)6-5-8-12(14(17)18)11-7-3-4-9-13(11)15-2/h3-4,7,9,12,15H,5-6,8H2,1-2H3,(H,17,18). The summed E-state index contributed by atoms with van der Waals surface area (Å²) >= 11 is 0. The van der Waals surface area contributed by atoms with Crippen molar-refractivity contribution < 1.29 is 14.7 Å². The number of hydrogen-bond acceptors (Lipinski definition) is 3. The molecule has 0 spiro atoms. The summed E-state index contributed by atoms with van der Waals surface area (Å²) in [6.07, 6.45) is 1.52. The molecule has 1 atom stereocenters. The minimum Gasteiger partial charge on any atom is -0.481 e. The number of carboxylic acid groups (broad SMARTS) is 1. The molecule has 1 aromatic rings. The number of Topliss-reactive ketones (excluding diaryl/α,β-unsaturated/α-hetero) is 1. The molecule has 0 radical (unpaired) electrons. The Hall–Kier alpha value is -1.84. The lowest BCUT2D eigenvalue weighted by Crippen LogP contribution is -2.13. The quantitative estimate of drug-likeness (QED) is 0.779. The smallest absolute Gasteiger partial charge is 0.311 e. The molecule has 0 aliphatic rings. The molecule has 0 aliphatic heterocycles. The topological polar surface area (TPSA) is 66.4 Å². The lowest BCUT2D eigenvalue weighted by molar-refractivity contribution is -0.139. The zero-order valence-corrected chi connectivity index (χ0v) is 10.8. The van der Waals surface area contributed by atoms with Gasteiger partial charge in [-0.1, -0.05) is 18.2 Å². The average Bonchev–Trinajstić information content (AvgIpc) is 2.34. The van der Waals surface area contributed by atoms with Crippen molar-refractivity contribution in [1.82, 2.24) is 0 Å². The monoisotopic (exact) mass is 249 g/mol. The molecule has 98 valence electrons. The van der Waals surface area contributed by atoms with E-state index in [-0.39, 0.29) is 5.78 Å². The first kappa shape index (κ1) is 14.2. The van der Waals surface area contributed by atoms with E-state index in [9.17, 15) is 14.7 Å². The molecule has 0 saturated carbocycles. The predicted octanol–water partition coefficient (Wildman–Crippen LogP) is 2.66. The molecule has 0 heterocycles. The van der Waals surface area contributed by atoms with Crippen LogP contribution in [-0.2, 0) is 9.59 Å². The van der Waals surface area contributed by atoms with Gasteiger partial charge in [-0.05, 0) is 31.4 Å². The molecule has 0 bridgehead atoms. The molecule has 0 amide bonds. The number of carbonyl (C=O) groups is 2. The van der Waals surface area contributed by atoms with Crippen molar-refractivity contribution in [2.45, 2.75) is 32.1 Å². The van der Waals surface area contributed by atoms with Crippen molar-refractivity contribution >= 4 is 17.4 Å². The zero-order chi connectivity index (χ0) is 13.5. The Bertz CT molecular complexity index is 429. The molecular formula is C14H19NO3. The maximum Gasteiger partial charge on any atom is 0.311 e. The van der Waals surface area contributed by atoms with Gasteiger partial charge in [-0.2, -0.15) is 0 Å². The Kier molecular flexibility index (Phi) is 5.36. The fraction of sp³-hybridized carbons (Fsp3) is 0.429. The number of rotatable bonds is 7. The van der Waals surface area contributed by atoms with E-state index >= 15 is 0 Å². The van der Waals surface area contributed by atoms with E-state index in [1.54, 1.807) is 7.05 Å². The summed E-state index contributed by atoms with van der Waals surface area (Å²) in [7, 11) is 1.77. The molecule has 0 aromatic heterocycles. The van der Waals surface area contributed by atoms with Crippen LogP contribution in [0.15, 0.2) is 24.3 Å². The molecule has 1 rings (SSSR count). The third kappa shape index (κ3) is 3.87. The summed E-state index contributed by atoms with van der Waals surface area (Å²) in [5.74, 6) is -1.31. The maximum atomic E-state index is 11.3. The van der Waals surface area contributed by atoms with E-state index in [2.05, 4.69) is 5.32 Å². The van der Waals surface area contributed by atoms with Crippen LogP contribution in [-0.4, -0.2) is 23.9 Å². The second kappa shape index (κ2) is 6.79. The average molecular weight is 249 g/mol. The van der Waals surface area contributed by atoms with Crippen LogP contribution < -0.4 is 5.32 Å². The molecule has 18 heavy (non-hydrogen) atoms. The van der Waals surface area contributed by atoms with E-state index in [1.807, 2.05) is 24.3 Å². The summed E-state index contributed by atoms with van der Waals surface area (Å²) in [5.41, 5.74) is 1.60. The highest BCUT2D eigenvalue weighted by Gasteiger charge is 2.21. The highest BCUT2D eigenvalue weighted by molar-refractivity contribution is 5.79. The van der Waals surface area contributed by atoms with Crippen LogP contribution in [0.3, 0.4) is 0 Å². The van der Waals surface area contributed by atoms with Crippen molar-refractivity contribution in [3.05, 3.63) is 29.8 Å². The lowest BCUT2D eigenvalue weighted by Gasteiger charge is -2.16. The van der Waals surface area contributed by atoms with Gasteiger partial charge < -0.3 is 15.2 Å². The van der Waals surface area contributed by atoms with E-state index < -0.39 is 11.9 Å². The number of carboxylic acids is 1. The van der Waals surface area contributed by atoms with Gasteiger partial charge in [0.2, 0.25) is 0 Å². The number of carbonyl (C=O) groups excluding carboxylic acids is 1. The fourth-order valence-corrected chi connectivity index (χ4v) is 2.00. The van der Waals surface area contributed by atoms with Gasteiger partial charge >= 0.3 is 5.97 Å². The molecule has 1 unspecified atom stereocenters. The SMILES string of the molecule is CNc1ccccc1C(CCCC(C)=O)C(=O)O. The van der Waals surface area contributed by atoms with Crippen LogP contribution in [0.4, 0.5) is 5.69 Å². The largest absolute Gasteiger partial charge is 0.481 e. The lowest BCUT2D eigenvalue weighted by atomic mass is 9.92. The van der Waals surface area contributed by atoms with Gasteiger partial charge in [-0.3, -0.25) is 4.79 Å². The van der Waals surface area contributed by atoms with Gasteiger partial charge in [-0.25, -0.2) is 0 Å². The molecule has 2 N–H and O–H groups in total. The summed E-state index contributed by atoms with van der Waals surface area (Å²) in [6, 6.07) is 7.37. The van der Waals surface area contributed by atoms with Crippen LogP contribution in [0.25, 0.3) is 0 Å². The first-order chi connectivity index (χ1) is 8.56. The molecule has 4 heteroatoms. The van der Waals surface area contributed by atoms with Gasteiger partial charge in [0, 0.05) is 19.2 Å². The number of hydrogen-bond donors (Lipinski definition) is 2. The van der Waals surface area contributed by atoms with E-state index in [1.165, 1.54) is 6.92 Å². The fourth-order valence-electron chi connectivity index (χ4n) is 2.00. The second-order valence-corrected chi connectivity index (χ2v) is 4.32. The molecule has 0 saturated heterocycles. The first-order valence-corrected chi connectivity index (χ1v) is 6.05. The van der Waals surface area contributed by atoms with Crippen LogP contribution in [0, 0.1) is 0 Å². The number of aliphatic carboxylic acids is 1.